The summed E-state index contributed by atoms with van der Waals surface area (Å²) in [6.07, 6.45) is 3.04. The van der Waals surface area contributed by atoms with Gasteiger partial charge < -0.3 is 10.4 Å². The van der Waals surface area contributed by atoms with Crippen LogP contribution < -0.4 is 5.32 Å². The molecule has 0 aromatic carbocycles. The molecule has 0 aromatic heterocycles. The number of hydrogen-bond acceptors (Lipinski definition) is 2. The molecule has 0 aromatic rings. The van der Waals surface area contributed by atoms with Crippen molar-refractivity contribution in [3.8, 4) is 0 Å². The SMILES string of the molecule is [C-]#[N+]C1=C2CCCCC2(O)NC1=O. The normalized spacial score (nSPS) is 32.5. The second kappa shape index (κ2) is 2.57. The summed E-state index contributed by atoms with van der Waals surface area (Å²) in [6, 6.07) is 0. The van der Waals surface area contributed by atoms with E-state index >= 15 is 0 Å². The average Bonchev–Trinajstić information content (AvgIpc) is 2.34. The molecule has 1 saturated carbocycles. The molecule has 0 spiro atoms. The molecule has 0 bridgehead atoms. The minimum atomic E-state index is -1.20. The van der Waals surface area contributed by atoms with Gasteiger partial charge in [0.2, 0.25) is 0 Å². The van der Waals surface area contributed by atoms with Crippen LogP contribution in [-0.4, -0.2) is 16.7 Å². The minimum absolute atomic E-state index is 0.0993. The fourth-order valence-electron chi connectivity index (χ4n) is 1.99. The van der Waals surface area contributed by atoms with E-state index in [2.05, 4.69) is 10.2 Å². The molecule has 1 atom stereocenters. The monoisotopic (exact) mass is 178 g/mol. The summed E-state index contributed by atoms with van der Waals surface area (Å²) in [5.41, 5.74) is -0.504. The summed E-state index contributed by atoms with van der Waals surface area (Å²) in [4.78, 5) is 14.4. The molecule has 13 heavy (non-hydrogen) atoms. The molecule has 2 N–H and O–H groups in total. The molecule has 1 unspecified atom stereocenters. The number of rotatable bonds is 0. The van der Waals surface area contributed by atoms with Gasteiger partial charge in [-0.2, -0.15) is 0 Å². The van der Waals surface area contributed by atoms with Gasteiger partial charge in [0, 0.05) is 0 Å². The van der Waals surface area contributed by atoms with Gasteiger partial charge in [0.25, 0.3) is 11.6 Å². The first-order valence-corrected chi connectivity index (χ1v) is 4.33. The van der Waals surface area contributed by atoms with E-state index in [9.17, 15) is 9.90 Å². The van der Waals surface area contributed by atoms with Crippen molar-refractivity contribution in [3.63, 3.8) is 0 Å². The van der Waals surface area contributed by atoms with Crippen LogP contribution in [0.3, 0.4) is 0 Å². The van der Waals surface area contributed by atoms with Crippen LogP contribution in [-0.2, 0) is 4.79 Å². The van der Waals surface area contributed by atoms with Crippen molar-refractivity contribution in [3.05, 3.63) is 22.7 Å². The molecule has 1 aliphatic carbocycles. The number of carbonyl (C=O) groups excluding carboxylic acids is 1. The molecule has 4 heteroatoms. The van der Waals surface area contributed by atoms with E-state index in [-0.39, 0.29) is 5.70 Å². The number of nitrogens with one attached hydrogen (secondary N) is 1. The number of carbonyl (C=O) groups is 1. The largest absolute Gasteiger partial charge is 0.368 e. The van der Waals surface area contributed by atoms with Gasteiger partial charge in [-0.15, -0.1) is 0 Å². The Morgan fingerprint density at radius 3 is 3.00 bits per heavy atom. The summed E-state index contributed by atoms with van der Waals surface area (Å²) in [7, 11) is 0. The van der Waals surface area contributed by atoms with Gasteiger partial charge >= 0.3 is 0 Å². The van der Waals surface area contributed by atoms with Gasteiger partial charge in [0.1, 0.15) is 5.72 Å². The number of nitrogens with zero attached hydrogens (tertiary/aromatic N) is 1. The van der Waals surface area contributed by atoms with E-state index in [0.29, 0.717) is 18.4 Å². The molecule has 4 nitrogen and oxygen atoms in total. The molecule has 1 amide bonds. The Hall–Kier alpha value is -1.34. The van der Waals surface area contributed by atoms with Crippen LogP contribution in [0.4, 0.5) is 0 Å². The molecule has 68 valence electrons. The Kier molecular flexibility index (Phi) is 1.64. The Balaban J connectivity index is 2.47. The number of aliphatic hydroxyl groups is 1. The third-order valence-corrected chi connectivity index (χ3v) is 2.65. The van der Waals surface area contributed by atoms with E-state index in [0.717, 1.165) is 12.8 Å². The lowest BCUT2D eigenvalue weighted by molar-refractivity contribution is -0.121. The van der Waals surface area contributed by atoms with Gasteiger partial charge in [-0.3, -0.25) is 4.79 Å². The van der Waals surface area contributed by atoms with Crippen molar-refractivity contribution in [2.75, 3.05) is 0 Å². The topological polar surface area (TPSA) is 53.7 Å². The summed E-state index contributed by atoms with van der Waals surface area (Å²) < 4.78 is 0. The second-order valence-corrected chi connectivity index (χ2v) is 3.46. The highest BCUT2D eigenvalue weighted by Gasteiger charge is 2.44. The van der Waals surface area contributed by atoms with Gasteiger partial charge in [-0.1, -0.05) is 6.42 Å². The quantitative estimate of drug-likeness (QED) is 0.532. The van der Waals surface area contributed by atoms with Gasteiger partial charge in [-0.25, -0.2) is 4.85 Å². The molecular weight excluding hydrogens is 168 g/mol. The van der Waals surface area contributed by atoms with Crippen LogP contribution >= 0.6 is 0 Å². The lowest BCUT2D eigenvalue weighted by Crippen LogP contribution is -2.45. The maximum atomic E-state index is 11.2. The minimum Gasteiger partial charge on any atom is -0.368 e. The highest BCUT2D eigenvalue weighted by Crippen LogP contribution is 2.37. The predicted molar refractivity (Wildman–Crippen MR) is 45.2 cm³/mol. The van der Waals surface area contributed by atoms with Crippen LogP contribution in [0.25, 0.3) is 4.85 Å². The number of fused-ring (bicyclic) bond motifs is 1. The Morgan fingerprint density at radius 1 is 1.54 bits per heavy atom. The van der Waals surface area contributed by atoms with Crippen molar-refractivity contribution >= 4 is 5.91 Å². The fourth-order valence-corrected chi connectivity index (χ4v) is 1.99. The Morgan fingerprint density at radius 2 is 2.31 bits per heavy atom. The number of hydrogen-bond donors (Lipinski definition) is 2. The zero-order chi connectivity index (χ0) is 9.47. The fraction of sp³-hybridized carbons (Fsp3) is 0.556. The maximum Gasteiger partial charge on any atom is 0.254 e. The molecule has 2 aliphatic rings. The maximum absolute atomic E-state index is 11.2. The lowest BCUT2D eigenvalue weighted by atomic mass is 9.87. The summed E-state index contributed by atoms with van der Waals surface area (Å²) in [5, 5.41) is 12.4. The summed E-state index contributed by atoms with van der Waals surface area (Å²) in [5.74, 6) is -0.422. The van der Waals surface area contributed by atoms with Crippen LogP contribution in [0.1, 0.15) is 25.7 Å². The van der Waals surface area contributed by atoms with Crippen LogP contribution in [0, 0.1) is 6.57 Å². The molecule has 1 aliphatic heterocycles. The van der Waals surface area contributed by atoms with Crippen molar-refractivity contribution in [2.24, 2.45) is 0 Å². The highest BCUT2D eigenvalue weighted by atomic mass is 16.3. The first kappa shape index (κ1) is 8.27. The molecule has 0 radical (unpaired) electrons. The molecule has 2 rings (SSSR count). The van der Waals surface area contributed by atoms with E-state index in [1.807, 2.05) is 0 Å². The van der Waals surface area contributed by atoms with Gasteiger partial charge in [0.05, 0.1) is 6.57 Å². The number of amides is 1. The predicted octanol–water partition coefficient (Wildman–Crippen LogP) is 0.552. The van der Waals surface area contributed by atoms with Crippen molar-refractivity contribution in [1.29, 1.82) is 0 Å². The van der Waals surface area contributed by atoms with E-state index < -0.39 is 11.6 Å². The van der Waals surface area contributed by atoms with Crippen molar-refractivity contribution < 1.29 is 9.90 Å². The Labute approximate surface area is 76.1 Å². The Bertz CT molecular complexity index is 340. The van der Waals surface area contributed by atoms with Gasteiger partial charge in [-0.05, 0) is 24.8 Å². The van der Waals surface area contributed by atoms with E-state index in [4.69, 9.17) is 6.57 Å². The smallest absolute Gasteiger partial charge is 0.254 e. The van der Waals surface area contributed by atoms with Gasteiger partial charge in [0.15, 0.2) is 0 Å². The second-order valence-electron chi connectivity index (χ2n) is 3.46. The standard InChI is InChI=1S/C9H10N2O2/c1-10-7-6-4-2-3-5-9(6,13)11-8(7)12/h13H,2-5H2,(H,11,12). The van der Waals surface area contributed by atoms with Crippen LogP contribution in [0.2, 0.25) is 0 Å². The zero-order valence-electron chi connectivity index (χ0n) is 7.13. The van der Waals surface area contributed by atoms with Crippen LogP contribution in [0.15, 0.2) is 11.3 Å². The van der Waals surface area contributed by atoms with Crippen LogP contribution in [0.5, 0.6) is 0 Å². The van der Waals surface area contributed by atoms with E-state index in [1.54, 1.807) is 0 Å². The highest BCUT2D eigenvalue weighted by molar-refractivity contribution is 5.99. The molecule has 1 heterocycles. The first-order valence-electron chi connectivity index (χ1n) is 4.33. The molecule has 0 saturated heterocycles. The lowest BCUT2D eigenvalue weighted by Gasteiger charge is -2.31. The average molecular weight is 178 g/mol. The first-order chi connectivity index (χ1) is 6.17. The zero-order valence-corrected chi connectivity index (χ0v) is 7.13. The third-order valence-electron chi connectivity index (χ3n) is 2.65. The van der Waals surface area contributed by atoms with E-state index in [1.165, 1.54) is 0 Å². The third kappa shape index (κ3) is 1.04. The van der Waals surface area contributed by atoms with Crippen molar-refractivity contribution in [1.82, 2.24) is 5.32 Å². The molecular formula is C9H10N2O2. The summed E-state index contributed by atoms with van der Waals surface area (Å²) in [6.45, 7) is 6.84. The molecule has 1 fully saturated rings. The summed E-state index contributed by atoms with van der Waals surface area (Å²) >= 11 is 0. The van der Waals surface area contributed by atoms with Crippen molar-refractivity contribution in [2.45, 2.75) is 31.4 Å².